The minimum atomic E-state index is -0.740. The van der Waals surface area contributed by atoms with E-state index in [0.29, 0.717) is 26.0 Å². The molecule has 39 heavy (non-hydrogen) atoms. The van der Waals surface area contributed by atoms with Gasteiger partial charge >= 0.3 is 0 Å². The molecule has 0 radical (unpaired) electrons. The van der Waals surface area contributed by atoms with Gasteiger partial charge in [-0.2, -0.15) is 0 Å². The maximum Gasteiger partial charge on any atom is 0.257 e. The molecule has 1 saturated carbocycles. The number of ether oxygens (including phenoxy) is 1. The van der Waals surface area contributed by atoms with Crippen molar-refractivity contribution in [3.63, 3.8) is 0 Å². The van der Waals surface area contributed by atoms with E-state index in [1.54, 1.807) is 6.92 Å². The van der Waals surface area contributed by atoms with Crippen LogP contribution in [0.1, 0.15) is 118 Å². The largest absolute Gasteiger partial charge is 0.350 e. The predicted molar refractivity (Wildman–Crippen MR) is 153 cm³/mol. The summed E-state index contributed by atoms with van der Waals surface area (Å²) in [5, 5.41) is 1.33. The highest BCUT2D eigenvalue weighted by Gasteiger charge is 2.36. The second-order valence-electron chi connectivity index (χ2n) is 12.6. The number of nitrogens with one attached hydrogen (secondary N) is 2. The van der Waals surface area contributed by atoms with Crippen LogP contribution in [0.25, 0.3) is 0 Å². The summed E-state index contributed by atoms with van der Waals surface area (Å²) in [4.78, 5) is 45.7. The van der Waals surface area contributed by atoms with Gasteiger partial charge in [-0.3, -0.25) is 24.8 Å². The molecule has 2 unspecified atom stereocenters. The number of nitrogens with zero attached hydrogens (tertiary/aromatic N) is 1. The summed E-state index contributed by atoms with van der Waals surface area (Å²) < 4.78 is 5.61. The lowest BCUT2D eigenvalue weighted by atomic mass is 9.80. The van der Waals surface area contributed by atoms with E-state index in [1.807, 2.05) is 27.7 Å². The first-order valence-electron chi connectivity index (χ1n) is 15.5. The molecule has 2 aliphatic rings. The second kappa shape index (κ2) is 17.9. The van der Waals surface area contributed by atoms with Crippen molar-refractivity contribution < 1.29 is 24.0 Å². The van der Waals surface area contributed by atoms with Gasteiger partial charge in [0.25, 0.3) is 5.91 Å². The number of hydrazine groups is 1. The average Bonchev–Trinajstić information content (AvgIpc) is 2.90. The topological polar surface area (TPSA) is 123 Å². The Morgan fingerprint density at radius 1 is 0.897 bits per heavy atom. The monoisotopic (exact) mass is 552 g/mol. The van der Waals surface area contributed by atoms with Crippen molar-refractivity contribution in [2.75, 3.05) is 13.2 Å². The van der Waals surface area contributed by atoms with Gasteiger partial charge < -0.3 is 10.5 Å². The number of carbonyl (C=O) groups is 3. The van der Waals surface area contributed by atoms with Crippen molar-refractivity contribution >= 4 is 17.7 Å². The van der Waals surface area contributed by atoms with Gasteiger partial charge in [0.1, 0.15) is 0 Å². The lowest BCUT2D eigenvalue weighted by Crippen LogP contribution is -2.55. The van der Waals surface area contributed by atoms with Crippen LogP contribution in [0.15, 0.2) is 0 Å². The molecule has 3 amide bonds. The third-order valence-electron chi connectivity index (χ3n) is 7.86. The third-order valence-corrected chi connectivity index (χ3v) is 7.86. The molecule has 1 aliphatic heterocycles. The molecule has 1 aliphatic carbocycles. The molecule has 0 spiro atoms. The van der Waals surface area contributed by atoms with Crippen LogP contribution >= 0.6 is 0 Å². The molecular formula is C30H56N4O5. The zero-order chi connectivity index (χ0) is 28.8. The Hall–Kier alpha value is -1.71. The Labute approximate surface area is 236 Å². The smallest absolute Gasteiger partial charge is 0.257 e. The van der Waals surface area contributed by atoms with Crippen LogP contribution in [0.3, 0.4) is 0 Å². The first-order valence-corrected chi connectivity index (χ1v) is 15.5. The lowest BCUT2D eigenvalue weighted by Gasteiger charge is -2.32. The Morgan fingerprint density at radius 3 is 2.18 bits per heavy atom. The number of hydrogen-bond acceptors (Lipinski definition) is 6. The molecule has 9 nitrogen and oxygen atoms in total. The van der Waals surface area contributed by atoms with E-state index >= 15 is 0 Å². The van der Waals surface area contributed by atoms with Crippen molar-refractivity contribution in [2.24, 2.45) is 35.3 Å². The maximum atomic E-state index is 13.7. The zero-order valence-corrected chi connectivity index (χ0v) is 25.2. The van der Waals surface area contributed by atoms with Crippen molar-refractivity contribution in [3.05, 3.63) is 0 Å². The number of amides is 3. The normalized spacial score (nSPS) is 20.9. The second-order valence-corrected chi connectivity index (χ2v) is 12.6. The minimum absolute atomic E-state index is 0.138. The summed E-state index contributed by atoms with van der Waals surface area (Å²) in [6.45, 7) is 10.6. The van der Waals surface area contributed by atoms with Crippen molar-refractivity contribution in [2.45, 2.75) is 130 Å². The van der Waals surface area contributed by atoms with Gasteiger partial charge in [-0.15, -0.1) is 0 Å². The van der Waals surface area contributed by atoms with E-state index in [0.717, 1.165) is 38.0 Å². The summed E-state index contributed by atoms with van der Waals surface area (Å²) in [6.07, 6.45) is 13.0. The number of nitrogens with two attached hydrogens (primary N) is 1. The molecule has 1 heterocycles. The Balaban J connectivity index is 2.15. The zero-order valence-electron chi connectivity index (χ0n) is 25.2. The number of unbranched alkanes of at least 4 members (excludes halogenated alkanes) is 1. The molecule has 1 saturated heterocycles. The van der Waals surface area contributed by atoms with Crippen LogP contribution in [0.4, 0.5) is 0 Å². The van der Waals surface area contributed by atoms with Gasteiger partial charge in [0.15, 0.2) is 6.29 Å². The van der Waals surface area contributed by atoms with Crippen LogP contribution in [0.5, 0.6) is 0 Å². The first kappa shape index (κ1) is 33.5. The Morgan fingerprint density at radius 2 is 1.59 bits per heavy atom. The number of hydrogen-bond donors (Lipinski definition) is 3. The molecule has 9 heteroatoms. The molecule has 0 aromatic carbocycles. The maximum absolute atomic E-state index is 13.7. The molecule has 0 aromatic rings. The lowest BCUT2D eigenvalue weighted by molar-refractivity contribution is -0.203. The summed E-state index contributed by atoms with van der Waals surface area (Å²) >= 11 is 0. The van der Waals surface area contributed by atoms with Crippen molar-refractivity contribution in [1.29, 1.82) is 0 Å². The predicted octanol–water partition coefficient (Wildman–Crippen LogP) is 4.84. The third kappa shape index (κ3) is 12.6. The van der Waals surface area contributed by atoms with Crippen molar-refractivity contribution in [1.82, 2.24) is 15.9 Å². The molecule has 226 valence electrons. The van der Waals surface area contributed by atoms with Crippen LogP contribution in [0.2, 0.25) is 0 Å². The minimum Gasteiger partial charge on any atom is -0.350 e. The standard InChI is InChI=1S/C30H56N4O5/c1-21(2)19-26(28(35)32-34(20-22(3)4)30(37)23(5)31)25(16-10-9-15-24-13-7-6-8-14-24)29(36)33-39-27-17-11-12-18-38-27/h21-27H,6-20,31H2,1-5H3,(H,32,35)(H,33,36)/t23-,25?,26?,27-/m1/s1. The summed E-state index contributed by atoms with van der Waals surface area (Å²) in [5.41, 5.74) is 11.3. The molecular weight excluding hydrogens is 496 g/mol. The highest BCUT2D eigenvalue weighted by atomic mass is 16.8. The van der Waals surface area contributed by atoms with Crippen molar-refractivity contribution in [3.8, 4) is 0 Å². The summed E-state index contributed by atoms with van der Waals surface area (Å²) in [6, 6.07) is -0.740. The quantitative estimate of drug-likeness (QED) is 0.197. The van der Waals surface area contributed by atoms with E-state index in [-0.39, 0.29) is 29.6 Å². The fraction of sp³-hybridized carbons (Fsp3) is 0.900. The van der Waals surface area contributed by atoms with Gasteiger partial charge in [0.2, 0.25) is 11.8 Å². The number of hydroxylamine groups is 1. The van der Waals surface area contributed by atoms with Crippen LogP contribution in [0, 0.1) is 29.6 Å². The average molecular weight is 553 g/mol. The fourth-order valence-electron chi connectivity index (χ4n) is 5.77. The van der Waals surface area contributed by atoms with E-state index in [2.05, 4.69) is 10.9 Å². The van der Waals surface area contributed by atoms with Gasteiger partial charge in [-0.1, -0.05) is 79.1 Å². The van der Waals surface area contributed by atoms with Crippen LogP contribution < -0.4 is 16.6 Å². The SMILES string of the molecule is CC(C)CC(C(=O)NN(CC(C)C)C(=O)[C@@H](C)N)C(CCCCC1CCCCC1)C(=O)NO[C@@H]1CCCCO1. The summed E-state index contributed by atoms with van der Waals surface area (Å²) in [5.74, 6) is -1.04. The van der Waals surface area contributed by atoms with E-state index in [9.17, 15) is 14.4 Å². The van der Waals surface area contributed by atoms with Gasteiger partial charge in [0, 0.05) is 19.6 Å². The summed E-state index contributed by atoms with van der Waals surface area (Å²) in [7, 11) is 0. The number of rotatable bonds is 15. The Bertz CT molecular complexity index is 733. The van der Waals surface area contributed by atoms with E-state index in [1.165, 1.54) is 43.5 Å². The first-order chi connectivity index (χ1) is 18.6. The number of carbonyl (C=O) groups excluding carboxylic acids is 3. The molecule has 0 aromatic heterocycles. The Kier molecular flexibility index (Phi) is 15.3. The molecule has 2 rings (SSSR count). The molecule has 0 bridgehead atoms. The fourth-order valence-corrected chi connectivity index (χ4v) is 5.77. The van der Waals surface area contributed by atoms with Crippen LogP contribution in [-0.4, -0.2) is 48.2 Å². The highest BCUT2D eigenvalue weighted by Crippen LogP contribution is 2.30. The van der Waals surface area contributed by atoms with Crippen LogP contribution in [-0.2, 0) is 24.0 Å². The van der Waals surface area contributed by atoms with Gasteiger partial charge in [-0.05, 0) is 50.4 Å². The van der Waals surface area contributed by atoms with Gasteiger partial charge in [-0.25, -0.2) is 10.3 Å². The molecule has 2 fully saturated rings. The molecule has 4 atom stereocenters. The molecule has 4 N–H and O–H groups in total. The van der Waals surface area contributed by atoms with E-state index < -0.39 is 24.2 Å². The van der Waals surface area contributed by atoms with E-state index in [4.69, 9.17) is 15.3 Å². The van der Waals surface area contributed by atoms with Gasteiger partial charge in [0.05, 0.1) is 17.9 Å². The highest BCUT2D eigenvalue weighted by molar-refractivity contribution is 5.89.